The van der Waals surface area contributed by atoms with E-state index in [2.05, 4.69) is 25.9 Å². The van der Waals surface area contributed by atoms with E-state index < -0.39 is 0 Å². The number of ether oxygens (including phenoxy) is 1. The first-order valence-corrected chi connectivity index (χ1v) is 5.21. The fourth-order valence-electron chi connectivity index (χ4n) is 1.56. The van der Waals surface area contributed by atoms with Gasteiger partial charge in [0.15, 0.2) is 0 Å². The predicted octanol–water partition coefficient (Wildman–Crippen LogP) is 2.13. The Morgan fingerprint density at radius 3 is 2.77 bits per heavy atom. The van der Waals surface area contributed by atoms with Gasteiger partial charge >= 0.3 is 0 Å². The van der Waals surface area contributed by atoms with Gasteiger partial charge in [0.2, 0.25) is 0 Å². The summed E-state index contributed by atoms with van der Waals surface area (Å²) in [5.74, 6) is 0.549. The third-order valence-electron chi connectivity index (χ3n) is 2.29. The first-order chi connectivity index (χ1) is 6.36. The Morgan fingerprint density at radius 1 is 1.31 bits per heavy atom. The molecule has 0 atom stereocenters. The number of nitrogens with zero attached hydrogens (tertiary/aromatic N) is 2. The predicted molar refractivity (Wildman–Crippen MR) is 52.5 cm³/mol. The Kier molecular flexibility index (Phi) is 2.90. The lowest BCUT2D eigenvalue weighted by atomic mass is 9.96. The van der Waals surface area contributed by atoms with Gasteiger partial charge in [-0.3, -0.25) is 0 Å². The molecule has 0 aliphatic carbocycles. The lowest BCUT2D eigenvalue weighted by Crippen LogP contribution is -2.15. The van der Waals surface area contributed by atoms with Gasteiger partial charge in [0.1, 0.15) is 10.9 Å². The molecule has 0 N–H and O–H groups in total. The van der Waals surface area contributed by atoms with Gasteiger partial charge in [0, 0.05) is 24.8 Å². The van der Waals surface area contributed by atoms with E-state index in [0.717, 1.165) is 36.4 Å². The molecule has 0 spiro atoms. The number of rotatable bonds is 1. The highest BCUT2D eigenvalue weighted by atomic mass is 79.9. The van der Waals surface area contributed by atoms with E-state index in [-0.39, 0.29) is 0 Å². The summed E-state index contributed by atoms with van der Waals surface area (Å²) in [6, 6.07) is 2.00. The second-order valence-electron chi connectivity index (χ2n) is 3.15. The van der Waals surface area contributed by atoms with Gasteiger partial charge < -0.3 is 4.74 Å². The summed E-state index contributed by atoms with van der Waals surface area (Å²) < 4.78 is 6.16. The second kappa shape index (κ2) is 4.15. The van der Waals surface area contributed by atoms with Crippen LogP contribution in [-0.4, -0.2) is 23.2 Å². The van der Waals surface area contributed by atoms with E-state index in [4.69, 9.17) is 4.74 Å². The highest BCUT2D eigenvalue weighted by Gasteiger charge is 2.17. The molecule has 70 valence electrons. The molecule has 1 aromatic rings. The van der Waals surface area contributed by atoms with Gasteiger partial charge in [-0.15, -0.1) is 0 Å². The van der Waals surface area contributed by atoms with Gasteiger partial charge in [-0.25, -0.2) is 9.97 Å². The van der Waals surface area contributed by atoms with Crippen LogP contribution in [0.5, 0.6) is 0 Å². The van der Waals surface area contributed by atoms with E-state index >= 15 is 0 Å². The maximum absolute atomic E-state index is 5.30. The third kappa shape index (κ3) is 2.25. The van der Waals surface area contributed by atoms with Crippen LogP contribution in [0.4, 0.5) is 0 Å². The van der Waals surface area contributed by atoms with Crippen molar-refractivity contribution in [2.24, 2.45) is 0 Å². The minimum absolute atomic E-state index is 0.549. The molecule has 1 fully saturated rings. The summed E-state index contributed by atoms with van der Waals surface area (Å²) in [5.41, 5.74) is 1.13. The minimum atomic E-state index is 0.549. The Labute approximate surface area is 85.7 Å². The molecule has 2 rings (SSSR count). The molecule has 0 aromatic carbocycles. The molecule has 1 aliphatic rings. The first kappa shape index (κ1) is 9.09. The summed E-state index contributed by atoms with van der Waals surface area (Å²) in [6.07, 6.45) is 3.75. The monoisotopic (exact) mass is 242 g/mol. The summed E-state index contributed by atoms with van der Waals surface area (Å²) in [4.78, 5) is 8.28. The molecule has 3 nitrogen and oxygen atoms in total. The Balaban J connectivity index is 2.14. The molecule has 1 saturated heterocycles. The van der Waals surface area contributed by atoms with Crippen molar-refractivity contribution in [3.05, 3.63) is 22.7 Å². The van der Waals surface area contributed by atoms with Crippen LogP contribution in [0.3, 0.4) is 0 Å². The van der Waals surface area contributed by atoms with Crippen molar-refractivity contribution < 1.29 is 4.74 Å². The van der Waals surface area contributed by atoms with Crippen LogP contribution >= 0.6 is 15.9 Å². The van der Waals surface area contributed by atoms with Crippen LogP contribution in [-0.2, 0) is 4.74 Å². The van der Waals surface area contributed by atoms with Crippen molar-refractivity contribution in [3.8, 4) is 0 Å². The minimum Gasteiger partial charge on any atom is -0.381 e. The second-order valence-corrected chi connectivity index (χ2v) is 3.96. The van der Waals surface area contributed by atoms with E-state index in [1.54, 1.807) is 6.33 Å². The Bertz CT molecular complexity index is 287. The van der Waals surface area contributed by atoms with E-state index in [9.17, 15) is 0 Å². The summed E-state index contributed by atoms with van der Waals surface area (Å²) in [7, 11) is 0. The van der Waals surface area contributed by atoms with Crippen molar-refractivity contribution in [1.29, 1.82) is 0 Å². The molecule has 0 unspecified atom stereocenters. The fourth-order valence-corrected chi connectivity index (χ4v) is 1.89. The van der Waals surface area contributed by atoms with Crippen LogP contribution in [0.1, 0.15) is 24.5 Å². The zero-order valence-electron chi connectivity index (χ0n) is 7.24. The maximum atomic E-state index is 5.30. The zero-order chi connectivity index (χ0) is 9.10. The van der Waals surface area contributed by atoms with Crippen molar-refractivity contribution in [1.82, 2.24) is 9.97 Å². The van der Waals surface area contributed by atoms with Crippen LogP contribution < -0.4 is 0 Å². The summed E-state index contributed by atoms with van der Waals surface area (Å²) >= 11 is 3.35. The molecule has 1 aliphatic heterocycles. The van der Waals surface area contributed by atoms with Gasteiger partial charge in [-0.05, 0) is 34.8 Å². The van der Waals surface area contributed by atoms with Gasteiger partial charge in [-0.2, -0.15) is 0 Å². The smallest absolute Gasteiger partial charge is 0.116 e. The van der Waals surface area contributed by atoms with Crippen molar-refractivity contribution in [3.63, 3.8) is 0 Å². The topological polar surface area (TPSA) is 35.0 Å². The lowest BCUT2D eigenvalue weighted by molar-refractivity contribution is 0.0844. The molecular formula is C9H11BrN2O. The molecule has 0 amide bonds. The van der Waals surface area contributed by atoms with Gasteiger partial charge in [-0.1, -0.05) is 0 Å². The average molecular weight is 243 g/mol. The van der Waals surface area contributed by atoms with E-state index in [0.29, 0.717) is 5.92 Å². The molecule has 0 bridgehead atoms. The Morgan fingerprint density at radius 2 is 2.08 bits per heavy atom. The number of aromatic nitrogens is 2. The highest BCUT2D eigenvalue weighted by Crippen LogP contribution is 2.25. The van der Waals surface area contributed by atoms with Gasteiger partial charge in [0.05, 0.1) is 0 Å². The standard InChI is InChI=1S/C9H11BrN2O/c10-9-5-8(11-6-12-9)7-1-3-13-4-2-7/h5-7H,1-4H2. The quantitative estimate of drug-likeness (QED) is 0.709. The molecule has 0 radical (unpaired) electrons. The van der Waals surface area contributed by atoms with Crippen LogP contribution in [0.15, 0.2) is 17.0 Å². The van der Waals surface area contributed by atoms with Gasteiger partial charge in [0.25, 0.3) is 0 Å². The number of hydrogen-bond donors (Lipinski definition) is 0. The summed E-state index contributed by atoms with van der Waals surface area (Å²) in [5, 5.41) is 0. The normalized spacial score (nSPS) is 18.8. The maximum Gasteiger partial charge on any atom is 0.116 e. The van der Waals surface area contributed by atoms with E-state index in [1.165, 1.54) is 0 Å². The van der Waals surface area contributed by atoms with Crippen molar-refractivity contribution in [2.45, 2.75) is 18.8 Å². The lowest BCUT2D eigenvalue weighted by Gasteiger charge is -2.21. The number of halogens is 1. The fraction of sp³-hybridized carbons (Fsp3) is 0.556. The molecule has 0 saturated carbocycles. The SMILES string of the molecule is Brc1cc(C2CCOCC2)ncn1. The Hall–Kier alpha value is -0.480. The van der Waals surface area contributed by atoms with Crippen LogP contribution in [0.2, 0.25) is 0 Å². The van der Waals surface area contributed by atoms with Crippen LogP contribution in [0.25, 0.3) is 0 Å². The highest BCUT2D eigenvalue weighted by molar-refractivity contribution is 9.10. The largest absolute Gasteiger partial charge is 0.381 e. The molecule has 13 heavy (non-hydrogen) atoms. The molecule has 2 heterocycles. The zero-order valence-corrected chi connectivity index (χ0v) is 8.83. The molecular weight excluding hydrogens is 232 g/mol. The third-order valence-corrected chi connectivity index (χ3v) is 2.73. The van der Waals surface area contributed by atoms with E-state index in [1.807, 2.05) is 6.07 Å². The average Bonchev–Trinajstić information content (AvgIpc) is 2.19. The first-order valence-electron chi connectivity index (χ1n) is 4.41. The number of hydrogen-bond acceptors (Lipinski definition) is 3. The molecule has 1 aromatic heterocycles. The van der Waals surface area contributed by atoms with Crippen LogP contribution in [0, 0.1) is 0 Å². The summed E-state index contributed by atoms with van der Waals surface area (Å²) in [6.45, 7) is 1.71. The van der Waals surface area contributed by atoms with Crippen molar-refractivity contribution in [2.75, 3.05) is 13.2 Å². The molecule has 4 heteroatoms. The van der Waals surface area contributed by atoms with Crippen molar-refractivity contribution >= 4 is 15.9 Å².